The Kier molecular flexibility index (Phi) is 5.73. The fourth-order valence-electron chi connectivity index (χ4n) is 2.75. The van der Waals surface area contributed by atoms with Gasteiger partial charge in [0.1, 0.15) is 11.5 Å². The van der Waals surface area contributed by atoms with Gasteiger partial charge in [0.2, 0.25) is 5.91 Å². The second kappa shape index (κ2) is 8.38. The number of amides is 1. The molecule has 0 unspecified atom stereocenters. The molecule has 0 aliphatic carbocycles. The Balaban J connectivity index is 1.55. The molecule has 2 aromatic carbocycles. The molecule has 6 heteroatoms. The summed E-state index contributed by atoms with van der Waals surface area (Å²) in [7, 11) is 0. The first-order chi connectivity index (χ1) is 12.6. The van der Waals surface area contributed by atoms with Crippen LogP contribution in [0.4, 0.5) is 5.69 Å². The number of hydrogen-bond acceptors (Lipinski definition) is 5. The quantitative estimate of drug-likeness (QED) is 0.773. The second-order valence-corrected chi connectivity index (χ2v) is 5.89. The van der Waals surface area contributed by atoms with Crippen LogP contribution in [0.25, 0.3) is 0 Å². The molecule has 1 aliphatic heterocycles. The Bertz CT molecular complexity index is 803. The lowest BCUT2D eigenvalue weighted by molar-refractivity contribution is -0.145. The SMILES string of the molecule is CCOC(=O)COc1cccc(NC(=O)Cc2ccc3c(c2)CCO3)c1. The highest BCUT2D eigenvalue weighted by atomic mass is 16.6. The van der Waals surface area contributed by atoms with E-state index in [2.05, 4.69) is 5.32 Å². The maximum atomic E-state index is 12.3. The predicted octanol–water partition coefficient (Wildman–Crippen LogP) is 2.74. The largest absolute Gasteiger partial charge is 0.493 e. The van der Waals surface area contributed by atoms with Gasteiger partial charge in [0.15, 0.2) is 6.61 Å². The van der Waals surface area contributed by atoms with Crippen LogP contribution in [0.3, 0.4) is 0 Å². The Morgan fingerprint density at radius 3 is 2.92 bits per heavy atom. The van der Waals surface area contributed by atoms with Gasteiger partial charge in [-0.05, 0) is 36.2 Å². The standard InChI is InChI=1S/C20H21NO5/c1-2-24-20(23)13-26-17-5-3-4-16(12-17)21-19(22)11-14-6-7-18-15(10-14)8-9-25-18/h3-7,10,12H,2,8-9,11,13H2,1H3,(H,21,22). The van der Waals surface area contributed by atoms with Gasteiger partial charge in [0.05, 0.1) is 19.6 Å². The molecule has 136 valence electrons. The number of carbonyl (C=O) groups is 2. The van der Waals surface area contributed by atoms with E-state index >= 15 is 0 Å². The predicted molar refractivity (Wildman–Crippen MR) is 96.5 cm³/mol. The van der Waals surface area contributed by atoms with Crippen LogP contribution in [0.1, 0.15) is 18.1 Å². The monoisotopic (exact) mass is 355 g/mol. The minimum atomic E-state index is -0.428. The minimum Gasteiger partial charge on any atom is -0.493 e. The molecule has 1 amide bonds. The van der Waals surface area contributed by atoms with Crippen LogP contribution >= 0.6 is 0 Å². The van der Waals surface area contributed by atoms with E-state index in [9.17, 15) is 9.59 Å². The molecule has 6 nitrogen and oxygen atoms in total. The third kappa shape index (κ3) is 4.75. The normalized spacial score (nSPS) is 12.0. The summed E-state index contributed by atoms with van der Waals surface area (Å²) >= 11 is 0. The molecule has 1 aliphatic rings. The minimum absolute atomic E-state index is 0.119. The third-order valence-corrected chi connectivity index (χ3v) is 3.90. The van der Waals surface area contributed by atoms with E-state index in [1.807, 2.05) is 18.2 Å². The molecule has 26 heavy (non-hydrogen) atoms. The summed E-state index contributed by atoms with van der Waals surface area (Å²) < 4.78 is 15.7. The summed E-state index contributed by atoms with van der Waals surface area (Å²) in [6.07, 6.45) is 1.16. The molecule has 0 saturated heterocycles. The molecule has 0 spiro atoms. The van der Waals surface area contributed by atoms with Gasteiger partial charge in [-0.1, -0.05) is 18.2 Å². The molecule has 0 bridgehead atoms. The van der Waals surface area contributed by atoms with Crippen molar-refractivity contribution in [3.8, 4) is 11.5 Å². The van der Waals surface area contributed by atoms with E-state index in [-0.39, 0.29) is 18.9 Å². The Labute approximate surface area is 152 Å². The van der Waals surface area contributed by atoms with Crippen LogP contribution in [0, 0.1) is 0 Å². The van der Waals surface area contributed by atoms with Crippen molar-refractivity contribution < 1.29 is 23.8 Å². The molecular formula is C20H21NO5. The highest BCUT2D eigenvalue weighted by Crippen LogP contribution is 2.26. The van der Waals surface area contributed by atoms with Crippen molar-refractivity contribution in [3.05, 3.63) is 53.6 Å². The smallest absolute Gasteiger partial charge is 0.344 e. The van der Waals surface area contributed by atoms with E-state index in [1.165, 1.54) is 0 Å². The number of esters is 1. The summed E-state index contributed by atoms with van der Waals surface area (Å²) in [5.74, 6) is 0.847. The van der Waals surface area contributed by atoms with Crippen LogP contribution in [0.5, 0.6) is 11.5 Å². The average Bonchev–Trinajstić information content (AvgIpc) is 3.08. The van der Waals surface area contributed by atoms with Gasteiger partial charge < -0.3 is 19.5 Å². The number of benzene rings is 2. The van der Waals surface area contributed by atoms with Crippen molar-refractivity contribution in [1.82, 2.24) is 0 Å². The van der Waals surface area contributed by atoms with E-state index in [4.69, 9.17) is 14.2 Å². The maximum Gasteiger partial charge on any atom is 0.344 e. The fourth-order valence-corrected chi connectivity index (χ4v) is 2.75. The number of carbonyl (C=O) groups excluding carboxylic acids is 2. The van der Waals surface area contributed by atoms with Gasteiger partial charge in [0, 0.05) is 18.2 Å². The van der Waals surface area contributed by atoms with Gasteiger partial charge >= 0.3 is 5.97 Å². The van der Waals surface area contributed by atoms with Crippen molar-refractivity contribution in [2.24, 2.45) is 0 Å². The van der Waals surface area contributed by atoms with Crippen molar-refractivity contribution in [1.29, 1.82) is 0 Å². The Morgan fingerprint density at radius 1 is 1.19 bits per heavy atom. The van der Waals surface area contributed by atoms with Gasteiger partial charge in [-0.2, -0.15) is 0 Å². The van der Waals surface area contributed by atoms with Crippen molar-refractivity contribution in [2.75, 3.05) is 25.1 Å². The zero-order valence-electron chi connectivity index (χ0n) is 14.6. The lowest BCUT2D eigenvalue weighted by atomic mass is 10.1. The molecule has 0 atom stereocenters. The average molecular weight is 355 g/mol. The van der Waals surface area contributed by atoms with Gasteiger partial charge in [0.25, 0.3) is 0 Å². The second-order valence-electron chi connectivity index (χ2n) is 5.89. The van der Waals surface area contributed by atoms with Gasteiger partial charge in [-0.25, -0.2) is 4.79 Å². The van der Waals surface area contributed by atoms with Gasteiger partial charge in [-0.15, -0.1) is 0 Å². The summed E-state index contributed by atoms with van der Waals surface area (Å²) in [4.78, 5) is 23.6. The van der Waals surface area contributed by atoms with Crippen molar-refractivity contribution >= 4 is 17.6 Å². The fraction of sp³-hybridized carbons (Fsp3) is 0.300. The summed E-state index contributed by atoms with van der Waals surface area (Å²) in [5.41, 5.74) is 2.70. The topological polar surface area (TPSA) is 73.9 Å². The molecule has 1 heterocycles. The van der Waals surface area contributed by atoms with E-state index in [0.717, 1.165) is 23.3 Å². The Hall–Kier alpha value is -3.02. The summed E-state index contributed by atoms with van der Waals surface area (Å²) in [5, 5.41) is 2.84. The van der Waals surface area contributed by atoms with Crippen molar-refractivity contribution in [2.45, 2.75) is 19.8 Å². The first-order valence-electron chi connectivity index (χ1n) is 8.57. The van der Waals surface area contributed by atoms with Crippen LogP contribution in [-0.4, -0.2) is 31.7 Å². The van der Waals surface area contributed by atoms with Crippen LogP contribution in [0.15, 0.2) is 42.5 Å². The molecule has 2 aromatic rings. The molecule has 0 aromatic heterocycles. The van der Waals surface area contributed by atoms with E-state index < -0.39 is 5.97 Å². The number of rotatable bonds is 7. The first kappa shape index (κ1) is 17.8. The zero-order valence-corrected chi connectivity index (χ0v) is 14.6. The molecule has 1 N–H and O–H groups in total. The summed E-state index contributed by atoms with van der Waals surface area (Å²) in [6.45, 7) is 2.58. The third-order valence-electron chi connectivity index (χ3n) is 3.90. The lowest BCUT2D eigenvalue weighted by Crippen LogP contribution is -2.16. The number of anilines is 1. The van der Waals surface area contributed by atoms with Crippen LogP contribution in [-0.2, 0) is 27.2 Å². The molecule has 3 rings (SSSR count). The van der Waals surface area contributed by atoms with Crippen molar-refractivity contribution in [3.63, 3.8) is 0 Å². The number of nitrogens with one attached hydrogen (secondary N) is 1. The zero-order chi connectivity index (χ0) is 18.4. The molecular weight excluding hydrogens is 334 g/mol. The number of ether oxygens (including phenoxy) is 3. The lowest BCUT2D eigenvalue weighted by Gasteiger charge is -2.09. The highest BCUT2D eigenvalue weighted by molar-refractivity contribution is 5.92. The van der Waals surface area contributed by atoms with E-state index in [1.54, 1.807) is 31.2 Å². The number of fused-ring (bicyclic) bond motifs is 1. The maximum absolute atomic E-state index is 12.3. The van der Waals surface area contributed by atoms with Gasteiger partial charge in [-0.3, -0.25) is 4.79 Å². The summed E-state index contributed by atoms with van der Waals surface area (Å²) in [6, 6.07) is 12.7. The molecule has 0 radical (unpaired) electrons. The molecule has 0 saturated carbocycles. The van der Waals surface area contributed by atoms with Crippen LogP contribution < -0.4 is 14.8 Å². The van der Waals surface area contributed by atoms with Crippen LogP contribution in [0.2, 0.25) is 0 Å². The number of hydrogen-bond donors (Lipinski definition) is 1. The Morgan fingerprint density at radius 2 is 2.08 bits per heavy atom. The first-order valence-corrected chi connectivity index (χ1v) is 8.57. The van der Waals surface area contributed by atoms with E-state index in [0.29, 0.717) is 24.7 Å². The highest BCUT2D eigenvalue weighted by Gasteiger charge is 2.13. The molecule has 0 fully saturated rings.